The highest BCUT2D eigenvalue weighted by Gasteiger charge is 2.44. The molecule has 0 saturated carbocycles. The van der Waals surface area contributed by atoms with E-state index in [9.17, 15) is 19.5 Å². The molecule has 3 aliphatic heterocycles. The molecule has 2 saturated heterocycles. The fourth-order valence-corrected chi connectivity index (χ4v) is 6.46. The van der Waals surface area contributed by atoms with E-state index in [0.29, 0.717) is 48.7 Å². The third kappa shape index (κ3) is 5.83. The van der Waals surface area contributed by atoms with Crippen LogP contribution in [0.4, 0.5) is 21.2 Å². The van der Waals surface area contributed by atoms with Crippen molar-refractivity contribution in [3.05, 3.63) is 34.5 Å². The summed E-state index contributed by atoms with van der Waals surface area (Å²) >= 11 is 0. The average Bonchev–Trinajstić information content (AvgIpc) is 3.66. The number of anilines is 2. The summed E-state index contributed by atoms with van der Waals surface area (Å²) in [5.74, 6) is 1.82. The number of carbonyl (C=O) groups excluding carboxylic acids is 2. The molecule has 14 nitrogen and oxygen atoms in total. The first-order valence-corrected chi connectivity index (χ1v) is 14.9. The minimum absolute atomic E-state index is 0.0577. The molecule has 3 amide bonds. The zero-order valence-electron chi connectivity index (χ0n) is 25.3. The molecule has 5 heterocycles. The van der Waals surface area contributed by atoms with Gasteiger partial charge in [0, 0.05) is 11.3 Å². The Labute approximate surface area is 255 Å². The van der Waals surface area contributed by atoms with Gasteiger partial charge in [-0.25, -0.2) is 19.6 Å². The Kier molecular flexibility index (Phi) is 7.97. The van der Waals surface area contributed by atoms with E-state index in [2.05, 4.69) is 15.6 Å². The highest BCUT2D eigenvalue weighted by molar-refractivity contribution is 5.95. The number of amides is 3. The Hall–Kier alpha value is -4.17. The summed E-state index contributed by atoms with van der Waals surface area (Å²) in [6, 6.07) is 2.96. The first-order valence-electron chi connectivity index (χ1n) is 14.9. The van der Waals surface area contributed by atoms with Gasteiger partial charge in [-0.15, -0.1) is 0 Å². The normalized spacial score (nSPS) is 23.6. The van der Waals surface area contributed by atoms with Crippen molar-refractivity contribution in [2.45, 2.75) is 64.8 Å². The average molecular weight is 611 g/mol. The maximum Gasteiger partial charge on any atom is 0.415 e. The number of rotatable bonds is 9. The molecule has 2 unspecified atom stereocenters. The van der Waals surface area contributed by atoms with Crippen LogP contribution in [-0.2, 0) is 27.1 Å². The number of ether oxygens (including phenoxy) is 4. The molecule has 4 aliphatic rings. The lowest BCUT2D eigenvalue weighted by Gasteiger charge is -2.30. The SMILES string of the molecule is Cc1nc(OC[C@H]2COC(C)(C)N2C(=O)O)c(C)c2c1CC(CNCCC1CN(c3ccc4c(n3)NC(=O)CO4)C(=O)O1)C2. The molecule has 0 bridgehead atoms. The highest BCUT2D eigenvalue weighted by atomic mass is 16.6. The number of nitrogens with one attached hydrogen (secondary N) is 2. The van der Waals surface area contributed by atoms with E-state index < -0.39 is 24.0 Å². The number of nitrogens with zero attached hydrogens (tertiary/aromatic N) is 4. The van der Waals surface area contributed by atoms with Gasteiger partial charge >= 0.3 is 12.2 Å². The Bertz CT molecular complexity index is 1480. The predicted molar refractivity (Wildman–Crippen MR) is 157 cm³/mol. The second-order valence-corrected chi connectivity index (χ2v) is 12.2. The Balaban J connectivity index is 0.982. The molecule has 0 radical (unpaired) electrons. The van der Waals surface area contributed by atoms with Crippen molar-refractivity contribution in [1.29, 1.82) is 0 Å². The van der Waals surface area contributed by atoms with Gasteiger partial charge < -0.3 is 34.7 Å². The standard InChI is InChI=1S/C30H38N6O8/c1-16-21-9-18(10-22(21)17(2)32-27(16)42-13-19-14-43-30(3,4)36(19)28(38)39)11-31-8-7-20-12-35(29(40)44-20)24-6-5-23-26(33-24)34-25(37)15-41-23/h5-6,18-20,31H,7-15H2,1-4H3,(H,38,39)(H,33,34,37)/t18?,19-,20?/m0/s1. The Morgan fingerprint density at radius 3 is 2.80 bits per heavy atom. The molecule has 3 atom stereocenters. The Morgan fingerprint density at radius 2 is 2.00 bits per heavy atom. The molecule has 0 aromatic carbocycles. The van der Waals surface area contributed by atoms with Gasteiger partial charge in [0.15, 0.2) is 18.2 Å². The number of aryl methyl sites for hydroxylation is 1. The second kappa shape index (κ2) is 11.7. The first-order chi connectivity index (χ1) is 21.0. The van der Waals surface area contributed by atoms with Crippen LogP contribution in [-0.4, -0.2) is 95.4 Å². The topological polar surface area (TPSA) is 165 Å². The van der Waals surface area contributed by atoms with Crippen molar-refractivity contribution < 1.29 is 38.4 Å². The molecule has 3 N–H and O–H groups in total. The molecule has 236 valence electrons. The molecular formula is C30H38N6O8. The number of cyclic esters (lactones) is 1. The predicted octanol–water partition coefficient (Wildman–Crippen LogP) is 2.64. The Morgan fingerprint density at radius 1 is 1.20 bits per heavy atom. The summed E-state index contributed by atoms with van der Waals surface area (Å²) in [5, 5.41) is 15.8. The van der Waals surface area contributed by atoms with Crippen LogP contribution in [0.1, 0.15) is 42.7 Å². The minimum Gasteiger partial charge on any atom is -0.480 e. The van der Waals surface area contributed by atoms with Crippen LogP contribution in [0.5, 0.6) is 11.6 Å². The first kappa shape index (κ1) is 29.9. The second-order valence-electron chi connectivity index (χ2n) is 12.2. The summed E-state index contributed by atoms with van der Waals surface area (Å²) in [7, 11) is 0. The van der Waals surface area contributed by atoms with Crippen LogP contribution in [0.2, 0.25) is 0 Å². The smallest absolute Gasteiger partial charge is 0.415 e. The van der Waals surface area contributed by atoms with Crippen LogP contribution in [0.15, 0.2) is 12.1 Å². The van der Waals surface area contributed by atoms with Crippen LogP contribution in [0.3, 0.4) is 0 Å². The van der Waals surface area contributed by atoms with Crippen molar-refractivity contribution >= 4 is 29.7 Å². The van der Waals surface area contributed by atoms with E-state index in [1.165, 1.54) is 20.9 Å². The zero-order valence-corrected chi connectivity index (χ0v) is 25.3. The maximum absolute atomic E-state index is 12.5. The highest BCUT2D eigenvalue weighted by Crippen LogP contribution is 2.36. The van der Waals surface area contributed by atoms with E-state index in [0.717, 1.165) is 30.6 Å². The summed E-state index contributed by atoms with van der Waals surface area (Å²) < 4.78 is 22.7. The number of carboxylic acid groups (broad SMARTS) is 1. The number of fused-ring (bicyclic) bond motifs is 2. The summed E-state index contributed by atoms with van der Waals surface area (Å²) in [6.45, 7) is 9.73. The van der Waals surface area contributed by atoms with E-state index >= 15 is 0 Å². The van der Waals surface area contributed by atoms with Crippen molar-refractivity contribution in [1.82, 2.24) is 20.2 Å². The summed E-state index contributed by atoms with van der Waals surface area (Å²) in [6.07, 6.45) is 0.683. The number of hydrogen-bond donors (Lipinski definition) is 3. The fraction of sp³-hybridized carbons (Fsp3) is 0.567. The number of pyridine rings is 2. The number of aromatic nitrogens is 2. The molecule has 6 rings (SSSR count). The zero-order chi connectivity index (χ0) is 31.2. The van der Waals surface area contributed by atoms with Gasteiger partial charge in [0.1, 0.15) is 24.3 Å². The van der Waals surface area contributed by atoms with E-state index in [1.54, 1.807) is 26.0 Å². The van der Waals surface area contributed by atoms with Crippen LogP contribution in [0, 0.1) is 19.8 Å². The van der Waals surface area contributed by atoms with Crippen molar-refractivity contribution in [2.75, 3.05) is 49.7 Å². The third-order valence-corrected chi connectivity index (χ3v) is 8.71. The lowest BCUT2D eigenvalue weighted by atomic mass is 10.0. The largest absolute Gasteiger partial charge is 0.480 e. The lowest BCUT2D eigenvalue weighted by Crippen LogP contribution is -2.49. The molecule has 44 heavy (non-hydrogen) atoms. The number of hydrogen-bond acceptors (Lipinski definition) is 10. The van der Waals surface area contributed by atoms with Crippen LogP contribution >= 0.6 is 0 Å². The van der Waals surface area contributed by atoms with Gasteiger partial charge in [-0.2, -0.15) is 0 Å². The van der Waals surface area contributed by atoms with Gasteiger partial charge in [0.05, 0.1) is 19.2 Å². The lowest BCUT2D eigenvalue weighted by molar-refractivity contribution is -0.118. The minimum atomic E-state index is -1.03. The fourth-order valence-electron chi connectivity index (χ4n) is 6.46. The van der Waals surface area contributed by atoms with E-state index in [4.69, 9.17) is 23.9 Å². The van der Waals surface area contributed by atoms with E-state index in [1.807, 2.05) is 13.8 Å². The summed E-state index contributed by atoms with van der Waals surface area (Å²) in [5.41, 5.74) is 3.52. The van der Waals surface area contributed by atoms with Gasteiger partial charge in [-0.1, -0.05) is 0 Å². The van der Waals surface area contributed by atoms with E-state index in [-0.39, 0.29) is 31.8 Å². The van der Waals surface area contributed by atoms with Crippen LogP contribution in [0.25, 0.3) is 0 Å². The van der Waals surface area contributed by atoms with Crippen LogP contribution < -0.4 is 25.0 Å². The maximum atomic E-state index is 12.5. The van der Waals surface area contributed by atoms with Gasteiger partial charge in [0.25, 0.3) is 5.91 Å². The molecule has 2 aromatic rings. The molecular weight excluding hydrogens is 572 g/mol. The van der Waals surface area contributed by atoms with Crippen molar-refractivity contribution in [2.24, 2.45) is 5.92 Å². The molecule has 0 spiro atoms. The third-order valence-electron chi connectivity index (χ3n) is 8.71. The van der Waals surface area contributed by atoms with Gasteiger partial charge in [-0.3, -0.25) is 14.6 Å². The molecule has 14 heteroatoms. The van der Waals surface area contributed by atoms with Crippen molar-refractivity contribution in [3.8, 4) is 11.6 Å². The summed E-state index contributed by atoms with van der Waals surface area (Å²) in [4.78, 5) is 47.8. The quantitative estimate of drug-likeness (QED) is 0.358. The van der Waals surface area contributed by atoms with Gasteiger partial charge in [-0.05, 0) is 89.2 Å². The molecule has 1 aliphatic carbocycles. The molecule has 2 fully saturated rings. The monoisotopic (exact) mass is 610 g/mol. The number of carbonyl (C=O) groups is 3. The molecule has 2 aromatic heterocycles. The van der Waals surface area contributed by atoms with Crippen molar-refractivity contribution in [3.63, 3.8) is 0 Å². The van der Waals surface area contributed by atoms with Gasteiger partial charge in [0.2, 0.25) is 5.88 Å².